The van der Waals surface area contributed by atoms with Crippen LogP contribution in [0.25, 0.3) is 0 Å². The molecule has 2 saturated heterocycles. The predicted molar refractivity (Wildman–Crippen MR) is 97.0 cm³/mol. The average molecular weight is 371 g/mol. The van der Waals surface area contributed by atoms with E-state index in [0.717, 1.165) is 18.4 Å². The monoisotopic (exact) mass is 370 g/mol. The number of halogens is 1. The number of aromatic nitrogens is 1. The molecule has 0 aliphatic carbocycles. The van der Waals surface area contributed by atoms with Crippen molar-refractivity contribution < 1.29 is 14.3 Å². The quantitative estimate of drug-likeness (QED) is 0.613. The van der Waals surface area contributed by atoms with Crippen LogP contribution in [0.5, 0.6) is 0 Å². The Morgan fingerprint density at radius 3 is 2.65 bits per heavy atom. The zero-order valence-corrected chi connectivity index (χ0v) is 15.1. The molecule has 0 spiro atoms. The minimum Gasteiger partial charge on any atom is -0.467 e. The number of rotatable bonds is 3. The number of benzene rings is 1. The van der Waals surface area contributed by atoms with E-state index < -0.39 is 5.54 Å². The minimum absolute atomic E-state index is 0.0162. The van der Waals surface area contributed by atoms with E-state index in [0.29, 0.717) is 17.1 Å². The number of pyridine rings is 1. The van der Waals surface area contributed by atoms with E-state index in [2.05, 4.69) is 4.98 Å². The first-order valence-corrected chi connectivity index (χ1v) is 9.04. The molecule has 6 heteroatoms. The number of amides is 1. The summed E-state index contributed by atoms with van der Waals surface area (Å²) in [5.41, 5.74) is 0.511. The molecule has 1 amide bonds. The molecule has 1 aromatic heterocycles. The lowest BCUT2D eigenvalue weighted by Crippen LogP contribution is -2.54. The van der Waals surface area contributed by atoms with Gasteiger partial charge in [-0.3, -0.25) is 4.79 Å². The second-order valence-electron chi connectivity index (χ2n) is 6.85. The Hall–Kier alpha value is -2.40. The largest absolute Gasteiger partial charge is 0.467 e. The molecule has 26 heavy (non-hydrogen) atoms. The highest BCUT2D eigenvalue weighted by Crippen LogP contribution is 2.55. The summed E-state index contributed by atoms with van der Waals surface area (Å²) in [6, 6.07) is 12.7. The van der Waals surface area contributed by atoms with Crippen molar-refractivity contribution in [3.63, 3.8) is 0 Å². The number of methoxy groups -OCH3 is 1. The molecule has 2 aromatic rings. The first kappa shape index (κ1) is 17.0. The zero-order chi connectivity index (χ0) is 18.3. The SMILES string of the molecule is COC(=O)[C@@]12CC[C@@H](C[C@@H]1c1ccc(Cl)nc1)N2C(=O)c1ccccc1. The molecule has 5 nitrogen and oxygen atoms in total. The third kappa shape index (κ3) is 2.42. The predicted octanol–water partition coefficient (Wildman–Crippen LogP) is 3.44. The maximum absolute atomic E-state index is 13.2. The summed E-state index contributed by atoms with van der Waals surface area (Å²) < 4.78 is 5.17. The van der Waals surface area contributed by atoms with Gasteiger partial charge in [0.15, 0.2) is 0 Å². The Bertz CT molecular complexity index is 840. The third-order valence-corrected chi connectivity index (χ3v) is 5.89. The van der Waals surface area contributed by atoms with Crippen molar-refractivity contribution in [2.75, 3.05) is 7.11 Å². The van der Waals surface area contributed by atoms with Crippen molar-refractivity contribution in [1.82, 2.24) is 9.88 Å². The number of nitrogens with zero attached hydrogens (tertiary/aromatic N) is 2. The number of carbonyl (C=O) groups excluding carboxylic acids is 2. The Kier molecular flexibility index (Phi) is 4.19. The van der Waals surface area contributed by atoms with Gasteiger partial charge in [-0.05, 0) is 43.0 Å². The maximum Gasteiger partial charge on any atom is 0.332 e. The summed E-state index contributed by atoms with van der Waals surface area (Å²) >= 11 is 5.91. The van der Waals surface area contributed by atoms with Crippen molar-refractivity contribution in [3.8, 4) is 0 Å². The van der Waals surface area contributed by atoms with Crippen molar-refractivity contribution in [1.29, 1.82) is 0 Å². The van der Waals surface area contributed by atoms with Crippen LogP contribution in [0.3, 0.4) is 0 Å². The van der Waals surface area contributed by atoms with Crippen LogP contribution in [0.1, 0.15) is 41.1 Å². The van der Waals surface area contributed by atoms with E-state index in [4.69, 9.17) is 16.3 Å². The maximum atomic E-state index is 13.2. The molecule has 134 valence electrons. The summed E-state index contributed by atoms with van der Waals surface area (Å²) in [5.74, 6) is -0.629. The van der Waals surface area contributed by atoms with Gasteiger partial charge in [0, 0.05) is 23.7 Å². The molecule has 0 N–H and O–H groups in total. The average Bonchev–Trinajstić information content (AvgIpc) is 3.22. The van der Waals surface area contributed by atoms with Gasteiger partial charge in [0.25, 0.3) is 5.91 Å². The first-order valence-electron chi connectivity index (χ1n) is 8.66. The van der Waals surface area contributed by atoms with Crippen LogP contribution in [0.15, 0.2) is 48.7 Å². The lowest BCUT2D eigenvalue weighted by Gasteiger charge is -2.36. The van der Waals surface area contributed by atoms with Crippen molar-refractivity contribution in [3.05, 3.63) is 64.9 Å². The Morgan fingerprint density at radius 1 is 1.23 bits per heavy atom. The van der Waals surface area contributed by atoms with Crippen LogP contribution in [0.2, 0.25) is 5.15 Å². The molecule has 3 atom stereocenters. The number of carbonyl (C=O) groups is 2. The topological polar surface area (TPSA) is 59.5 Å². The van der Waals surface area contributed by atoms with Gasteiger partial charge in [0.1, 0.15) is 10.7 Å². The van der Waals surface area contributed by atoms with Gasteiger partial charge in [-0.1, -0.05) is 35.9 Å². The molecule has 4 rings (SSSR count). The molecule has 1 aromatic carbocycles. The summed E-state index contributed by atoms with van der Waals surface area (Å²) in [6.45, 7) is 0. The summed E-state index contributed by atoms with van der Waals surface area (Å²) in [5, 5.41) is 0.404. The van der Waals surface area contributed by atoms with E-state index in [1.165, 1.54) is 7.11 Å². The standard InChI is InChI=1S/C20H19ClN2O3/c1-26-19(25)20-10-9-15(11-16(20)14-7-8-17(21)22-12-14)23(20)18(24)13-5-3-2-4-6-13/h2-8,12,15-16H,9-11H2,1H3/t15-,16+,20+/m0/s1. The Balaban J connectivity index is 1.79. The van der Waals surface area contributed by atoms with Gasteiger partial charge in [-0.25, -0.2) is 9.78 Å². The van der Waals surface area contributed by atoms with Crippen LogP contribution in [0, 0.1) is 0 Å². The van der Waals surface area contributed by atoms with Gasteiger partial charge in [-0.2, -0.15) is 0 Å². The highest BCUT2D eigenvalue weighted by atomic mass is 35.5. The van der Waals surface area contributed by atoms with Gasteiger partial charge in [0.05, 0.1) is 7.11 Å². The van der Waals surface area contributed by atoms with Crippen LogP contribution >= 0.6 is 11.6 Å². The van der Waals surface area contributed by atoms with Crippen LogP contribution in [-0.4, -0.2) is 40.5 Å². The number of fused-ring (bicyclic) bond motifs is 2. The molecular weight excluding hydrogens is 352 g/mol. The number of hydrogen-bond donors (Lipinski definition) is 0. The second kappa shape index (κ2) is 6.40. The lowest BCUT2D eigenvalue weighted by molar-refractivity contribution is -0.152. The number of esters is 1. The first-order chi connectivity index (χ1) is 12.6. The third-order valence-electron chi connectivity index (χ3n) is 5.67. The van der Waals surface area contributed by atoms with Crippen LogP contribution in [0.4, 0.5) is 0 Å². The molecule has 2 aliphatic heterocycles. The fraction of sp³-hybridized carbons (Fsp3) is 0.350. The molecule has 0 unspecified atom stereocenters. The van der Waals surface area contributed by atoms with Crippen molar-refractivity contribution >= 4 is 23.5 Å². The molecule has 2 bridgehead atoms. The molecule has 0 saturated carbocycles. The fourth-order valence-corrected chi connectivity index (χ4v) is 4.70. The summed E-state index contributed by atoms with van der Waals surface area (Å²) in [7, 11) is 1.38. The normalized spacial score (nSPS) is 26.8. The van der Waals surface area contributed by atoms with Gasteiger partial charge in [-0.15, -0.1) is 0 Å². The van der Waals surface area contributed by atoms with Gasteiger partial charge in [0.2, 0.25) is 0 Å². The van der Waals surface area contributed by atoms with Gasteiger partial charge >= 0.3 is 5.97 Å². The molecular formula is C20H19ClN2O3. The highest BCUT2D eigenvalue weighted by molar-refractivity contribution is 6.29. The molecule has 0 radical (unpaired) electrons. The number of hydrogen-bond acceptors (Lipinski definition) is 4. The fourth-order valence-electron chi connectivity index (χ4n) is 4.59. The molecule has 2 aliphatic rings. The van der Waals surface area contributed by atoms with Gasteiger partial charge < -0.3 is 9.64 Å². The highest BCUT2D eigenvalue weighted by Gasteiger charge is 2.65. The van der Waals surface area contributed by atoms with E-state index >= 15 is 0 Å². The molecule has 3 heterocycles. The smallest absolute Gasteiger partial charge is 0.332 e. The van der Waals surface area contributed by atoms with Crippen molar-refractivity contribution in [2.24, 2.45) is 0 Å². The van der Waals surface area contributed by atoms with E-state index in [9.17, 15) is 9.59 Å². The Labute approximate surface area is 156 Å². The summed E-state index contributed by atoms with van der Waals surface area (Å²) in [6.07, 6.45) is 3.81. The number of ether oxygens (including phenoxy) is 1. The minimum atomic E-state index is -0.984. The second-order valence-corrected chi connectivity index (χ2v) is 7.24. The zero-order valence-electron chi connectivity index (χ0n) is 14.4. The van der Waals surface area contributed by atoms with Crippen LogP contribution in [-0.2, 0) is 9.53 Å². The van der Waals surface area contributed by atoms with E-state index in [-0.39, 0.29) is 23.8 Å². The van der Waals surface area contributed by atoms with E-state index in [1.807, 2.05) is 24.3 Å². The summed E-state index contributed by atoms with van der Waals surface area (Å²) in [4.78, 5) is 32.1. The lowest BCUT2D eigenvalue weighted by atomic mass is 9.74. The van der Waals surface area contributed by atoms with Crippen molar-refractivity contribution in [2.45, 2.75) is 36.8 Å². The Morgan fingerprint density at radius 2 is 2.00 bits per heavy atom. The van der Waals surface area contributed by atoms with E-state index in [1.54, 1.807) is 29.3 Å². The molecule has 2 fully saturated rings. The van der Waals surface area contributed by atoms with Crippen LogP contribution < -0.4 is 0 Å².